The number of hydrogen-bond acceptors (Lipinski definition) is 6. The van der Waals surface area contributed by atoms with E-state index < -0.39 is 12.0 Å². The lowest BCUT2D eigenvalue weighted by molar-refractivity contribution is -0.653. The van der Waals surface area contributed by atoms with Crippen molar-refractivity contribution in [1.82, 2.24) is 14.8 Å². The molecule has 6 saturated carbocycles. The number of aliphatic hydroxyl groups excluding tert-OH is 1. The number of methoxy groups -OCH3 is 1. The second kappa shape index (κ2) is 5.62. The molecule has 6 aliphatic carbocycles. The molecule has 174 valence electrons. The third-order valence-corrected chi connectivity index (χ3v) is 10.3. The van der Waals surface area contributed by atoms with Crippen LogP contribution in [0.25, 0.3) is 16.7 Å². The number of benzene rings is 1. The molecule has 3 aromatic rings. The van der Waals surface area contributed by atoms with Gasteiger partial charge in [0.05, 0.1) is 12.5 Å². The van der Waals surface area contributed by atoms with Crippen LogP contribution < -0.4 is 5.32 Å². The highest BCUT2D eigenvalue weighted by Crippen LogP contribution is 3.10. The summed E-state index contributed by atoms with van der Waals surface area (Å²) in [5, 5.41) is 19.8. The molecule has 0 spiro atoms. The smallest absolute Gasteiger partial charge is 0.312 e. The molecule has 0 aliphatic heterocycles. The maximum atomic E-state index is 14.8. The van der Waals surface area contributed by atoms with Crippen molar-refractivity contribution in [3.8, 4) is 5.69 Å². The Kier molecular flexibility index (Phi) is 3.19. The normalized spacial score (nSPS) is 39.8. The Morgan fingerprint density at radius 3 is 2.53 bits per heavy atom. The molecule has 6 fully saturated rings. The molecule has 9 rings (SSSR count). The second-order valence-corrected chi connectivity index (χ2v) is 11.2. The summed E-state index contributed by atoms with van der Waals surface area (Å²) in [4.78, 5) is 16.8. The predicted molar refractivity (Wildman–Crippen MR) is 120 cm³/mol. The number of halogens is 1. The van der Waals surface area contributed by atoms with Gasteiger partial charge in [-0.2, -0.15) is 0 Å². The number of hydrogen-bond donors (Lipinski definition) is 2. The first-order chi connectivity index (χ1) is 16.4. The van der Waals surface area contributed by atoms with E-state index in [2.05, 4.69) is 29.2 Å². The summed E-state index contributed by atoms with van der Waals surface area (Å²) in [5.74, 6) is 2.29. The summed E-state index contributed by atoms with van der Waals surface area (Å²) in [6.45, 7) is 4.21. The van der Waals surface area contributed by atoms with Gasteiger partial charge in [-0.25, -0.2) is 14.1 Å². The van der Waals surface area contributed by atoms with Crippen molar-refractivity contribution >= 4 is 22.7 Å². The van der Waals surface area contributed by atoms with Crippen LogP contribution in [0, 0.1) is 52.2 Å². The number of carbonyl (C=O) groups excluding carboxylic acids is 1. The molecule has 2 N–H and O–H groups in total. The van der Waals surface area contributed by atoms with E-state index in [0.29, 0.717) is 58.4 Å². The number of esters is 1. The van der Waals surface area contributed by atoms with Crippen LogP contribution in [0.1, 0.15) is 25.3 Å². The van der Waals surface area contributed by atoms with Gasteiger partial charge in [-0.3, -0.25) is 4.79 Å². The molecule has 6 aliphatic rings. The number of fused-ring (bicyclic) bond motifs is 1. The zero-order chi connectivity index (χ0) is 23.3. The number of carbonyl (C=O) groups is 1. The SMILES string of the molecule is COC(=O)C12C3C4C1C1C2C3C41C(O)Nc1ccc(F)c(-n2cc3cc(C(C)C)cnc3n2)c1. The maximum Gasteiger partial charge on any atom is 0.312 e. The third-order valence-electron chi connectivity index (χ3n) is 10.3. The second-order valence-electron chi connectivity index (χ2n) is 11.2. The largest absolute Gasteiger partial charge is 0.469 e. The van der Waals surface area contributed by atoms with Crippen LogP contribution in [0.3, 0.4) is 0 Å². The van der Waals surface area contributed by atoms with Gasteiger partial charge in [-0.1, -0.05) is 13.8 Å². The van der Waals surface area contributed by atoms with Crippen molar-refractivity contribution in [2.24, 2.45) is 46.3 Å². The molecular formula is C26H25FN4O3. The molecule has 2 aromatic heterocycles. The fourth-order valence-electron chi connectivity index (χ4n) is 9.18. The zero-order valence-corrected chi connectivity index (χ0v) is 19.1. The number of rotatable bonds is 6. The Morgan fingerprint density at radius 1 is 1.18 bits per heavy atom. The number of aliphatic hydroxyl groups is 1. The number of pyridine rings is 1. The lowest BCUT2D eigenvalue weighted by Crippen LogP contribution is -3.12. The Hall–Kier alpha value is -3.00. The summed E-state index contributed by atoms with van der Waals surface area (Å²) >= 11 is 0. The minimum Gasteiger partial charge on any atom is -0.469 e. The molecular weight excluding hydrogens is 435 g/mol. The first-order valence-electron chi connectivity index (χ1n) is 12.0. The third kappa shape index (κ3) is 1.66. The molecule has 1 unspecified atom stereocenters. The molecule has 0 bridgehead atoms. The first-order valence-corrected chi connectivity index (χ1v) is 12.0. The quantitative estimate of drug-likeness (QED) is 0.433. The fourth-order valence-corrected chi connectivity index (χ4v) is 9.18. The molecule has 0 amide bonds. The molecule has 0 saturated heterocycles. The Balaban J connectivity index is 1.06. The van der Waals surface area contributed by atoms with Crippen molar-refractivity contribution in [1.29, 1.82) is 0 Å². The molecule has 7 nitrogen and oxygen atoms in total. The van der Waals surface area contributed by atoms with E-state index in [9.17, 15) is 14.3 Å². The number of nitrogens with one attached hydrogen (secondary N) is 1. The average molecular weight is 461 g/mol. The Bertz CT molecular complexity index is 1380. The first kappa shape index (κ1) is 19.3. The van der Waals surface area contributed by atoms with Crippen LogP contribution in [-0.2, 0) is 9.53 Å². The minimum atomic E-state index is -0.711. The maximum absolute atomic E-state index is 14.8. The highest BCUT2D eigenvalue weighted by atomic mass is 19.1. The zero-order valence-electron chi connectivity index (χ0n) is 19.1. The molecule has 0 radical (unpaired) electrons. The molecule has 34 heavy (non-hydrogen) atoms. The van der Waals surface area contributed by atoms with E-state index in [0.717, 1.165) is 10.9 Å². The van der Waals surface area contributed by atoms with Crippen LogP contribution >= 0.6 is 0 Å². The van der Waals surface area contributed by atoms with Gasteiger partial charge in [0.2, 0.25) is 0 Å². The summed E-state index contributed by atoms with van der Waals surface area (Å²) in [6, 6.07) is 6.77. The lowest BCUT2D eigenvalue weighted by Gasteiger charge is -3.10. The van der Waals surface area contributed by atoms with Gasteiger partial charge in [0.1, 0.15) is 17.7 Å². The van der Waals surface area contributed by atoms with Crippen LogP contribution in [0.4, 0.5) is 10.1 Å². The van der Waals surface area contributed by atoms with Gasteiger partial charge in [0.25, 0.3) is 0 Å². The number of nitrogens with zero attached hydrogens (tertiary/aromatic N) is 3. The summed E-state index contributed by atoms with van der Waals surface area (Å²) in [6.07, 6.45) is 2.89. The van der Waals surface area contributed by atoms with E-state index in [-0.39, 0.29) is 16.8 Å². The van der Waals surface area contributed by atoms with E-state index >= 15 is 0 Å². The molecule has 2 heterocycles. The van der Waals surface area contributed by atoms with E-state index in [1.54, 1.807) is 18.3 Å². The summed E-state index contributed by atoms with van der Waals surface area (Å²) < 4.78 is 21.4. The van der Waals surface area contributed by atoms with Crippen LogP contribution in [0.15, 0.2) is 36.7 Å². The Labute approximate surface area is 195 Å². The molecule has 1 atom stereocenters. The topological polar surface area (TPSA) is 89.3 Å². The van der Waals surface area contributed by atoms with Gasteiger partial charge in [0.15, 0.2) is 5.65 Å². The lowest BCUT2D eigenvalue weighted by atomic mass is 8.92. The van der Waals surface area contributed by atoms with Gasteiger partial charge in [0, 0.05) is 28.9 Å². The van der Waals surface area contributed by atoms with Crippen molar-refractivity contribution in [2.45, 2.75) is 26.0 Å². The monoisotopic (exact) mass is 460 g/mol. The van der Waals surface area contributed by atoms with Crippen molar-refractivity contribution in [3.63, 3.8) is 0 Å². The summed E-state index contributed by atoms with van der Waals surface area (Å²) in [5.41, 5.74) is 2.28. The van der Waals surface area contributed by atoms with E-state index in [1.807, 2.05) is 12.3 Å². The van der Waals surface area contributed by atoms with E-state index in [4.69, 9.17) is 4.74 Å². The fraction of sp³-hybridized carbons (Fsp3) is 0.500. The van der Waals surface area contributed by atoms with Crippen molar-refractivity contribution in [3.05, 3.63) is 48.0 Å². The predicted octanol–water partition coefficient (Wildman–Crippen LogP) is 3.32. The van der Waals surface area contributed by atoms with Crippen LogP contribution in [0.2, 0.25) is 0 Å². The highest BCUT2D eigenvalue weighted by Gasteiger charge is 3.12. The molecule has 1 aromatic carbocycles. The van der Waals surface area contributed by atoms with Crippen LogP contribution in [-0.4, -0.2) is 39.2 Å². The number of anilines is 1. The van der Waals surface area contributed by atoms with Crippen molar-refractivity contribution in [2.75, 3.05) is 12.4 Å². The summed E-state index contributed by atoms with van der Waals surface area (Å²) in [7, 11) is 1.48. The minimum absolute atomic E-state index is 0.0446. The van der Waals surface area contributed by atoms with E-state index in [1.165, 1.54) is 17.9 Å². The van der Waals surface area contributed by atoms with Gasteiger partial charge >= 0.3 is 5.97 Å². The van der Waals surface area contributed by atoms with Gasteiger partial charge in [-0.15, -0.1) is 5.10 Å². The number of ether oxygens (including phenoxy) is 1. The van der Waals surface area contributed by atoms with Crippen LogP contribution in [0.5, 0.6) is 0 Å². The molecule has 8 heteroatoms. The Morgan fingerprint density at radius 2 is 1.88 bits per heavy atom. The van der Waals surface area contributed by atoms with Crippen molar-refractivity contribution < 1.29 is 19.0 Å². The number of aromatic nitrogens is 3. The van der Waals surface area contributed by atoms with Gasteiger partial charge < -0.3 is 15.2 Å². The average Bonchev–Trinajstić information content (AvgIpc) is 3.27. The highest BCUT2D eigenvalue weighted by molar-refractivity contribution is 5.88. The standard InChI is InChI=1S/C26H25FN4O3/c1-10(2)11-6-12-9-31(30-22(12)28-8-11)15-7-13(4-5-14(15)27)29-23(32)25-16-19-17(25)21-18(25)20(16)26(19,21)24(33)34-3/h4-10,16-21,23,29,32H,1-3H3. The van der Waals surface area contributed by atoms with Gasteiger partial charge in [-0.05, 0) is 71.3 Å².